The molecule has 1 saturated heterocycles. The number of hydrogen-bond acceptors (Lipinski definition) is 3. The van der Waals surface area contributed by atoms with Crippen LogP contribution in [0.3, 0.4) is 0 Å². The number of rotatable bonds is 4. The molecule has 2 heterocycles. The average molecular weight is 358 g/mol. The number of nitrogens with zero attached hydrogens (tertiary/aromatic N) is 3. The first-order chi connectivity index (χ1) is 12.1. The van der Waals surface area contributed by atoms with Crippen LogP contribution in [0.15, 0.2) is 36.5 Å². The molecule has 1 aromatic heterocycles. The van der Waals surface area contributed by atoms with Crippen molar-refractivity contribution in [2.75, 3.05) is 25.0 Å². The maximum atomic E-state index is 12.6. The topological polar surface area (TPSA) is 36.4 Å². The SMILES string of the molecule is Cc1ccccc1CN(C)c1ncc(C(=O)N2CCCCC2)cc1Cl. The molecule has 1 aliphatic rings. The van der Waals surface area contributed by atoms with Gasteiger partial charge in [-0.25, -0.2) is 4.98 Å². The van der Waals surface area contributed by atoms with E-state index in [0.717, 1.165) is 32.5 Å². The van der Waals surface area contributed by atoms with Crippen LogP contribution in [0.25, 0.3) is 0 Å². The lowest BCUT2D eigenvalue weighted by Gasteiger charge is -2.27. The molecule has 0 spiro atoms. The van der Waals surface area contributed by atoms with Crippen LogP contribution in [0.4, 0.5) is 5.82 Å². The van der Waals surface area contributed by atoms with Crippen LogP contribution in [0.1, 0.15) is 40.7 Å². The van der Waals surface area contributed by atoms with Crippen LogP contribution in [0, 0.1) is 6.92 Å². The first-order valence-corrected chi connectivity index (χ1v) is 9.14. The Morgan fingerprint density at radius 1 is 1.24 bits per heavy atom. The number of carbonyl (C=O) groups excluding carboxylic acids is 1. The van der Waals surface area contributed by atoms with Crippen LogP contribution in [0.5, 0.6) is 0 Å². The molecular weight excluding hydrogens is 334 g/mol. The lowest BCUT2D eigenvalue weighted by molar-refractivity contribution is 0.0724. The Hall–Kier alpha value is -2.07. The standard InChI is InChI=1S/C20H24ClN3O/c1-15-8-4-5-9-16(15)14-23(2)19-18(21)12-17(13-22-19)20(25)24-10-6-3-7-11-24/h4-5,8-9,12-13H,3,6-7,10-11,14H2,1-2H3. The van der Waals surface area contributed by atoms with Crippen molar-refractivity contribution >= 4 is 23.3 Å². The summed E-state index contributed by atoms with van der Waals surface area (Å²) >= 11 is 6.44. The Labute approximate surface area is 154 Å². The van der Waals surface area contributed by atoms with E-state index in [9.17, 15) is 4.79 Å². The van der Waals surface area contributed by atoms with Gasteiger partial charge in [-0.2, -0.15) is 0 Å². The number of anilines is 1. The van der Waals surface area contributed by atoms with E-state index in [-0.39, 0.29) is 5.91 Å². The largest absolute Gasteiger partial charge is 0.354 e. The molecule has 1 amide bonds. The molecule has 25 heavy (non-hydrogen) atoms. The van der Waals surface area contributed by atoms with Gasteiger partial charge in [0.1, 0.15) is 5.82 Å². The number of benzene rings is 1. The minimum absolute atomic E-state index is 0.0298. The smallest absolute Gasteiger partial charge is 0.255 e. The molecule has 3 rings (SSSR count). The quantitative estimate of drug-likeness (QED) is 0.818. The van der Waals surface area contributed by atoms with Crippen LogP contribution in [-0.4, -0.2) is 35.9 Å². The predicted octanol–water partition coefficient (Wildman–Crippen LogP) is 4.31. The first kappa shape index (κ1) is 17.7. The number of carbonyl (C=O) groups is 1. The van der Waals surface area contributed by atoms with Gasteiger partial charge in [0.25, 0.3) is 5.91 Å². The number of amides is 1. The maximum Gasteiger partial charge on any atom is 0.255 e. The molecule has 0 unspecified atom stereocenters. The van der Waals surface area contributed by atoms with E-state index in [4.69, 9.17) is 11.6 Å². The fourth-order valence-electron chi connectivity index (χ4n) is 3.23. The Morgan fingerprint density at radius 2 is 1.96 bits per heavy atom. The summed E-state index contributed by atoms with van der Waals surface area (Å²) in [6.07, 6.45) is 4.99. The van der Waals surface area contributed by atoms with Crippen LogP contribution >= 0.6 is 11.6 Å². The van der Waals surface area contributed by atoms with Gasteiger partial charge in [-0.15, -0.1) is 0 Å². The number of hydrogen-bond donors (Lipinski definition) is 0. The number of likely N-dealkylation sites (tertiary alicyclic amines) is 1. The highest BCUT2D eigenvalue weighted by Crippen LogP contribution is 2.26. The summed E-state index contributed by atoms with van der Waals surface area (Å²) in [5.41, 5.74) is 3.04. The molecule has 1 fully saturated rings. The number of halogens is 1. The summed E-state index contributed by atoms with van der Waals surface area (Å²) in [6.45, 7) is 4.47. The first-order valence-electron chi connectivity index (χ1n) is 8.76. The molecule has 132 valence electrons. The second-order valence-corrected chi connectivity index (χ2v) is 7.07. The Bertz CT molecular complexity index is 756. The van der Waals surface area contributed by atoms with Crippen LogP contribution in [-0.2, 0) is 6.54 Å². The molecular formula is C20H24ClN3O. The van der Waals surface area contributed by atoms with Crippen molar-refractivity contribution in [3.8, 4) is 0 Å². The maximum absolute atomic E-state index is 12.6. The van der Waals surface area contributed by atoms with Crippen molar-refractivity contribution in [3.63, 3.8) is 0 Å². The zero-order chi connectivity index (χ0) is 17.8. The molecule has 0 aliphatic carbocycles. The Morgan fingerprint density at radius 3 is 2.64 bits per heavy atom. The van der Waals surface area contributed by atoms with Crippen LogP contribution in [0.2, 0.25) is 5.02 Å². The van der Waals surface area contributed by atoms with Crippen molar-refractivity contribution in [2.45, 2.75) is 32.7 Å². The summed E-state index contributed by atoms with van der Waals surface area (Å²) in [6, 6.07) is 10.0. The molecule has 0 bridgehead atoms. The van der Waals surface area contributed by atoms with E-state index in [2.05, 4.69) is 24.0 Å². The number of pyridine rings is 1. The van der Waals surface area contributed by atoms with E-state index >= 15 is 0 Å². The molecule has 0 N–H and O–H groups in total. The van der Waals surface area contributed by atoms with Gasteiger partial charge >= 0.3 is 0 Å². The molecule has 0 atom stereocenters. The van der Waals surface area contributed by atoms with Crippen molar-refractivity contribution < 1.29 is 4.79 Å². The fraction of sp³-hybridized carbons (Fsp3) is 0.400. The Kier molecular flexibility index (Phi) is 5.59. The van der Waals surface area contributed by atoms with E-state index in [0.29, 0.717) is 16.4 Å². The minimum atomic E-state index is 0.0298. The van der Waals surface area contributed by atoms with Gasteiger partial charge in [0.15, 0.2) is 0 Å². The third kappa shape index (κ3) is 4.13. The highest BCUT2D eigenvalue weighted by atomic mass is 35.5. The van der Waals surface area contributed by atoms with E-state index in [1.54, 1.807) is 12.3 Å². The lowest BCUT2D eigenvalue weighted by atomic mass is 10.1. The molecule has 1 aliphatic heterocycles. The van der Waals surface area contributed by atoms with E-state index in [1.165, 1.54) is 17.5 Å². The summed E-state index contributed by atoms with van der Waals surface area (Å²) in [5, 5.41) is 0.513. The number of piperidine rings is 1. The normalized spacial score (nSPS) is 14.4. The molecule has 1 aromatic carbocycles. The number of aryl methyl sites for hydroxylation is 1. The van der Waals surface area contributed by atoms with Crippen molar-refractivity contribution in [2.24, 2.45) is 0 Å². The molecule has 5 heteroatoms. The van der Waals surface area contributed by atoms with Gasteiger partial charge in [-0.1, -0.05) is 35.9 Å². The highest BCUT2D eigenvalue weighted by molar-refractivity contribution is 6.33. The van der Waals surface area contributed by atoms with Gasteiger partial charge in [0.2, 0.25) is 0 Å². The third-order valence-electron chi connectivity index (χ3n) is 4.74. The molecule has 4 nitrogen and oxygen atoms in total. The zero-order valence-corrected chi connectivity index (χ0v) is 15.6. The summed E-state index contributed by atoms with van der Waals surface area (Å²) in [4.78, 5) is 21.0. The summed E-state index contributed by atoms with van der Waals surface area (Å²) in [5.74, 6) is 0.724. The second kappa shape index (κ2) is 7.87. The van der Waals surface area contributed by atoms with Gasteiger partial charge in [0.05, 0.1) is 10.6 Å². The summed E-state index contributed by atoms with van der Waals surface area (Å²) in [7, 11) is 1.97. The highest BCUT2D eigenvalue weighted by Gasteiger charge is 2.20. The fourth-order valence-corrected chi connectivity index (χ4v) is 3.54. The minimum Gasteiger partial charge on any atom is -0.354 e. The van der Waals surface area contributed by atoms with Gasteiger partial charge in [-0.05, 0) is 43.4 Å². The molecule has 0 radical (unpaired) electrons. The third-order valence-corrected chi connectivity index (χ3v) is 5.02. The van der Waals surface area contributed by atoms with E-state index < -0.39 is 0 Å². The Balaban J connectivity index is 1.75. The van der Waals surface area contributed by atoms with Gasteiger partial charge < -0.3 is 9.80 Å². The molecule has 2 aromatic rings. The average Bonchev–Trinajstić information content (AvgIpc) is 2.63. The van der Waals surface area contributed by atoms with Crippen molar-refractivity contribution in [1.29, 1.82) is 0 Å². The zero-order valence-electron chi connectivity index (χ0n) is 14.8. The van der Waals surface area contributed by atoms with Crippen molar-refractivity contribution in [3.05, 3.63) is 58.2 Å². The van der Waals surface area contributed by atoms with Crippen LogP contribution < -0.4 is 4.90 Å². The van der Waals surface area contributed by atoms with E-state index in [1.807, 2.05) is 29.0 Å². The second-order valence-electron chi connectivity index (χ2n) is 6.66. The van der Waals surface area contributed by atoms with Gasteiger partial charge in [0, 0.05) is 32.9 Å². The van der Waals surface area contributed by atoms with Gasteiger partial charge in [-0.3, -0.25) is 4.79 Å². The molecule has 0 saturated carbocycles. The predicted molar refractivity (Wildman–Crippen MR) is 102 cm³/mol. The van der Waals surface area contributed by atoms with Crippen molar-refractivity contribution in [1.82, 2.24) is 9.88 Å². The summed E-state index contributed by atoms with van der Waals surface area (Å²) < 4.78 is 0. The number of aromatic nitrogens is 1. The lowest BCUT2D eigenvalue weighted by Crippen LogP contribution is -2.35. The monoisotopic (exact) mass is 357 g/mol.